The lowest BCUT2D eigenvalue weighted by atomic mass is 10.0. The van der Waals surface area contributed by atoms with E-state index in [1.165, 1.54) is 18.4 Å². The molecule has 3 nitrogen and oxygen atoms in total. The molecule has 0 bridgehead atoms. The quantitative estimate of drug-likeness (QED) is 0.818. The van der Waals surface area contributed by atoms with Crippen LogP contribution in [0.2, 0.25) is 0 Å². The van der Waals surface area contributed by atoms with Gasteiger partial charge in [-0.15, -0.1) is 0 Å². The van der Waals surface area contributed by atoms with Gasteiger partial charge < -0.3 is 10.1 Å². The normalized spacial score (nSPS) is 21.3. The molecular weight excluding hydrogens is 188 g/mol. The highest BCUT2D eigenvalue weighted by atomic mass is 16.5. The van der Waals surface area contributed by atoms with Crippen LogP contribution in [0.5, 0.6) is 5.88 Å². The van der Waals surface area contributed by atoms with Crippen molar-refractivity contribution in [2.75, 3.05) is 19.7 Å². The van der Waals surface area contributed by atoms with E-state index in [-0.39, 0.29) is 0 Å². The Bertz CT molecular complexity index is 291. The van der Waals surface area contributed by atoms with Crippen LogP contribution in [-0.4, -0.2) is 24.7 Å². The van der Waals surface area contributed by atoms with Gasteiger partial charge in [-0.25, -0.2) is 4.98 Å². The Kier molecular flexibility index (Phi) is 3.56. The standard InChI is InChI=1S/C12H18N2O/c1-10-4-5-12(14-7-10)15-9-11-3-2-6-13-8-11/h4-5,7,11,13H,2-3,6,8-9H2,1H3. The molecule has 15 heavy (non-hydrogen) atoms. The van der Waals surface area contributed by atoms with Crippen molar-refractivity contribution in [1.29, 1.82) is 0 Å². The number of nitrogens with zero attached hydrogens (tertiary/aromatic N) is 1. The van der Waals surface area contributed by atoms with Crippen LogP contribution < -0.4 is 10.1 Å². The first-order valence-corrected chi connectivity index (χ1v) is 5.61. The minimum atomic E-state index is 0.641. The molecule has 1 aromatic rings. The van der Waals surface area contributed by atoms with Gasteiger partial charge in [0.2, 0.25) is 5.88 Å². The van der Waals surface area contributed by atoms with Gasteiger partial charge in [-0.3, -0.25) is 0 Å². The first kappa shape index (κ1) is 10.4. The lowest BCUT2D eigenvalue weighted by Gasteiger charge is -2.22. The first-order chi connectivity index (χ1) is 7.34. The second-order valence-electron chi connectivity index (χ2n) is 4.20. The van der Waals surface area contributed by atoms with Gasteiger partial charge in [0.15, 0.2) is 0 Å². The van der Waals surface area contributed by atoms with E-state index >= 15 is 0 Å². The number of ether oxygens (including phenoxy) is 1. The summed E-state index contributed by atoms with van der Waals surface area (Å²) in [5.41, 5.74) is 1.17. The van der Waals surface area contributed by atoms with E-state index in [9.17, 15) is 0 Å². The summed E-state index contributed by atoms with van der Waals surface area (Å²) >= 11 is 0. The molecule has 1 saturated heterocycles. The Morgan fingerprint density at radius 1 is 1.53 bits per heavy atom. The van der Waals surface area contributed by atoms with Gasteiger partial charge in [0.25, 0.3) is 0 Å². The Morgan fingerprint density at radius 2 is 2.47 bits per heavy atom. The number of hydrogen-bond acceptors (Lipinski definition) is 3. The number of pyridine rings is 1. The van der Waals surface area contributed by atoms with Crippen molar-refractivity contribution in [3.8, 4) is 5.88 Å². The maximum Gasteiger partial charge on any atom is 0.213 e. The topological polar surface area (TPSA) is 34.1 Å². The lowest BCUT2D eigenvalue weighted by molar-refractivity contribution is 0.212. The van der Waals surface area contributed by atoms with E-state index in [1.54, 1.807) is 0 Å². The number of rotatable bonds is 3. The number of hydrogen-bond donors (Lipinski definition) is 1. The average molecular weight is 206 g/mol. The molecule has 0 amide bonds. The third kappa shape index (κ3) is 3.20. The van der Waals surface area contributed by atoms with Crippen molar-refractivity contribution in [1.82, 2.24) is 10.3 Å². The van der Waals surface area contributed by atoms with Crippen molar-refractivity contribution >= 4 is 0 Å². The summed E-state index contributed by atoms with van der Waals surface area (Å²) in [6, 6.07) is 3.97. The maximum atomic E-state index is 5.65. The monoisotopic (exact) mass is 206 g/mol. The summed E-state index contributed by atoms with van der Waals surface area (Å²) in [6.45, 7) is 5.04. The average Bonchev–Trinajstić information content (AvgIpc) is 2.30. The van der Waals surface area contributed by atoms with Crippen LogP contribution in [0.1, 0.15) is 18.4 Å². The van der Waals surface area contributed by atoms with Crippen LogP contribution >= 0.6 is 0 Å². The van der Waals surface area contributed by atoms with E-state index in [2.05, 4.69) is 10.3 Å². The van der Waals surface area contributed by atoms with Gasteiger partial charge in [-0.1, -0.05) is 6.07 Å². The minimum absolute atomic E-state index is 0.641. The van der Waals surface area contributed by atoms with E-state index in [0.717, 1.165) is 25.6 Å². The molecule has 2 rings (SSSR count). The first-order valence-electron chi connectivity index (χ1n) is 5.61. The van der Waals surface area contributed by atoms with Gasteiger partial charge in [-0.05, 0) is 31.9 Å². The van der Waals surface area contributed by atoms with Crippen LogP contribution in [0.3, 0.4) is 0 Å². The van der Waals surface area contributed by atoms with Gasteiger partial charge in [0, 0.05) is 24.7 Å². The summed E-state index contributed by atoms with van der Waals surface area (Å²) in [5.74, 6) is 1.38. The molecular formula is C12H18N2O. The largest absolute Gasteiger partial charge is 0.477 e. The van der Waals surface area contributed by atoms with Crippen molar-refractivity contribution in [3.63, 3.8) is 0 Å². The third-order valence-electron chi connectivity index (χ3n) is 2.75. The highest BCUT2D eigenvalue weighted by molar-refractivity contribution is 5.16. The molecule has 3 heteroatoms. The molecule has 0 saturated carbocycles. The molecule has 1 N–H and O–H groups in total. The van der Waals surface area contributed by atoms with E-state index in [0.29, 0.717) is 5.92 Å². The predicted molar refractivity (Wildman–Crippen MR) is 60.1 cm³/mol. The summed E-state index contributed by atoms with van der Waals surface area (Å²) < 4.78 is 5.65. The molecule has 0 aliphatic carbocycles. The van der Waals surface area contributed by atoms with Crippen LogP contribution in [0.15, 0.2) is 18.3 Å². The Labute approximate surface area is 90.9 Å². The van der Waals surface area contributed by atoms with Crippen LogP contribution in [0, 0.1) is 12.8 Å². The van der Waals surface area contributed by atoms with Crippen molar-refractivity contribution in [2.45, 2.75) is 19.8 Å². The fraction of sp³-hybridized carbons (Fsp3) is 0.583. The third-order valence-corrected chi connectivity index (χ3v) is 2.75. The summed E-state index contributed by atoms with van der Waals surface area (Å²) in [4.78, 5) is 4.22. The van der Waals surface area contributed by atoms with Crippen LogP contribution in [0.25, 0.3) is 0 Å². The van der Waals surface area contributed by atoms with E-state index < -0.39 is 0 Å². The molecule has 1 aliphatic heterocycles. The summed E-state index contributed by atoms with van der Waals surface area (Å²) in [5, 5.41) is 3.38. The second kappa shape index (κ2) is 5.12. The SMILES string of the molecule is Cc1ccc(OCC2CCCNC2)nc1. The van der Waals surface area contributed by atoms with Crippen LogP contribution in [0.4, 0.5) is 0 Å². The molecule has 1 aromatic heterocycles. The summed E-state index contributed by atoms with van der Waals surface area (Å²) in [7, 11) is 0. The van der Waals surface area contributed by atoms with Gasteiger partial charge in [0.05, 0.1) is 6.61 Å². The Hall–Kier alpha value is -1.09. The minimum Gasteiger partial charge on any atom is -0.477 e. The smallest absolute Gasteiger partial charge is 0.213 e. The Balaban J connectivity index is 1.79. The zero-order chi connectivity index (χ0) is 10.5. The Morgan fingerprint density at radius 3 is 3.13 bits per heavy atom. The lowest BCUT2D eigenvalue weighted by Crippen LogP contribution is -2.33. The van der Waals surface area contributed by atoms with Crippen molar-refractivity contribution < 1.29 is 4.74 Å². The molecule has 1 atom stereocenters. The molecule has 0 aromatic carbocycles. The molecule has 1 fully saturated rings. The van der Waals surface area contributed by atoms with Crippen LogP contribution in [-0.2, 0) is 0 Å². The van der Waals surface area contributed by atoms with Crippen molar-refractivity contribution in [2.24, 2.45) is 5.92 Å². The second-order valence-corrected chi connectivity index (χ2v) is 4.20. The summed E-state index contributed by atoms with van der Waals surface area (Å²) in [6.07, 6.45) is 4.36. The predicted octanol–water partition coefficient (Wildman–Crippen LogP) is 1.77. The number of nitrogens with one attached hydrogen (secondary N) is 1. The molecule has 82 valence electrons. The highest BCUT2D eigenvalue weighted by Crippen LogP contribution is 2.13. The van der Waals surface area contributed by atoms with Gasteiger partial charge >= 0.3 is 0 Å². The number of aryl methyl sites for hydroxylation is 1. The maximum absolute atomic E-state index is 5.65. The molecule has 1 aliphatic rings. The molecule has 0 spiro atoms. The fourth-order valence-corrected chi connectivity index (χ4v) is 1.81. The number of piperidine rings is 1. The molecule has 1 unspecified atom stereocenters. The van der Waals surface area contributed by atoms with Gasteiger partial charge in [0.1, 0.15) is 0 Å². The van der Waals surface area contributed by atoms with Gasteiger partial charge in [-0.2, -0.15) is 0 Å². The highest BCUT2D eigenvalue weighted by Gasteiger charge is 2.13. The fourth-order valence-electron chi connectivity index (χ4n) is 1.81. The molecule has 2 heterocycles. The van der Waals surface area contributed by atoms with E-state index in [1.807, 2.05) is 25.3 Å². The zero-order valence-electron chi connectivity index (χ0n) is 9.20. The van der Waals surface area contributed by atoms with Crippen molar-refractivity contribution in [3.05, 3.63) is 23.9 Å². The molecule has 0 radical (unpaired) electrons. The zero-order valence-corrected chi connectivity index (χ0v) is 9.20. The number of aromatic nitrogens is 1. The van der Waals surface area contributed by atoms with E-state index in [4.69, 9.17) is 4.74 Å².